The smallest absolute Gasteiger partial charge is 0.328 e. The number of aliphatic carboxylic acids is 1. The van der Waals surface area contributed by atoms with Crippen molar-refractivity contribution in [3.8, 4) is 0 Å². The number of halogens is 2. The topological polar surface area (TPSA) is 95.5 Å². The fourth-order valence-corrected chi connectivity index (χ4v) is 2.41. The molecular weight excluding hydrogens is 331 g/mol. The summed E-state index contributed by atoms with van der Waals surface area (Å²) in [6.45, 7) is -0.196. The van der Waals surface area contributed by atoms with Gasteiger partial charge < -0.3 is 15.7 Å². The van der Waals surface area contributed by atoms with Gasteiger partial charge in [-0.1, -0.05) is 29.3 Å². The summed E-state index contributed by atoms with van der Waals surface area (Å²) in [5.74, 6) is -2.20. The molecule has 0 spiro atoms. The third-order valence-electron chi connectivity index (χ3n) is 3.22. The van der Waals surface area contributed by atoms with Crippen molar-refractivity contribution in [1.82, 2.24) is 10.6 Å². The van der Waals surface area contributed by atoms with E-state index in [1.165, 1.54) is 12.1 Å². The van der Waals surface area contributed by atoms with Crippen LogP contribution in [0.5, 0.6) is 0 Å². The van der Waals surface area contributed by atoms with E-state index < -0.39 is 17.9 Å². The number of amides is 2. The summed E-state index contributed by atoms with van der Waals surface area (Å²) in [5.41, 5.74) is 0.00519. The highest BCUT2D eigenvalue weighted by Crippen LogP contribution is 2.28. The molecule has 1 aromatic carbocycles. The minimum Gasteiger partial charge on any atom is -0.480 e. The van der Waals surface area contributed by atoms with E-state index in [1.54, 1.807) is 6.07 Å². The van der Waals surface area contributed by atoms with Crippen LogP contribution in [-0.2, 0) is 9.59 Å². The lowest BCUT2D eigenvalue weighted by Gasteiger charge is -2.16. The fraction of sp³-hybridized carbons (Fsp3) is 0.357. The highest BCUT2D eigenvalue weighted by atomic mass is 35.5. The summed E-state index contributed by atoms with van der Waals surface area (Å²) in [4.78, 5) is 34.9. The average molecular weight is 345 g/mol. The van der Waals surface area contributed by atoms with Crippen molar-refractivity contribution >= 4 is 41.0 Å². The summed E-state index contributed by atoms with van der Waals surface area (Å²) in [6.07, 6.45) is 1.62. The number of benzene rings is 1. The molecule has 3 N–H and O–H groups in total. The predicted molar refractivity (Wildman–Crippen MR) is 81.1 cm³/mol. The van der Waals surface area contributed by atoms with Crippen LogP contribution in [0.3, 0.4) is 0 Å². The van der Waals surface area contributed by atoms with Crippen LogP contribution in [0.4, 0.5) is 0 Å². The van der Waals surface area contributed by atoms with Crippen LogP contribution in [0.1, 0.15) is 23.2 Å². The lowest BCUT2D eigenvalue weighted by molar-refractivity contribution is -0.139. The third-order valence-corrected chi connectivity index (χ3v) is 3.85. The first-order chi connectivity index (χ1) is 10.4. The number of hydrogen-bond acceptors (Lipinski definition) is 3. The van der Waals surface area contributed by atoms with Crippen LogP contribution in [0.15, 0.2) is 18.2 Å². The van der Waals surface area contributed by atoms with Gasteiger partial charge in [-0.2, -0.15) is 0 Å². The van der Waals surface area contributed by atoms with Gasteiger partial charge in [0.2, 0.25) is 5.91 Å². The Hall–Kier alpha value is -1.79. The molecule has 0 aromatic heterocycles. The van der Waals surface area contributed by atoms with Crippen LogP contribution < -0.4 is 10.6 Å². The Morgan fingerprint density at radius 2 is 1.82 bits per heavy atom. The molecule has 0 radical (unpaired) electrons. The standard InChI is InChI=1S/C14H14Cl2N2O4/c15-8-2-1-3-9(16)11(8)13(20)18-10(14(21)22)6-17-12(19)7-4-5-7/h1-3,7,10H,4-6H2,(H,17,19)(H,18,20)(H,21,22)/t10-/m0/s1. The molecule has 1 aliphatic rings. The highest BCUT2D eigenvalue weighted by Gasteiger charge is 2.31. The quantitative estimate of drug-likeness (QED) is 0.731. The number of carboxylic acids is 1. The molecule has 8 heteroatoms. The van der Waals surface area contributed by atoms with E-state index in [-0.39, 0.29) is 34.0 Å². The zero-order valence-corrected chi connectivity index (χ0v) is 12.9. The monoisotopic (exact) mass is 344 g/mol. The molecule has 1 aliphatic carbocycles. The van der Waals surface area contributed by atoms with Crippen LogP contribution in [0, 0.1) is 5.92 Å². The second kappa shape index (κ2) is 6.98. The maximum atomic E-state index is 12.1. The second-order valence-electron chi connectivity index (χ2n) is 4.98. The summed E-state index contributed by atoms with van der Waals surface area (Å²) >= 11 is 11.8. The van der Waals surface area contributed by atoms with Gasteiger partial charge in [0.25, 0.3) is 5.91 Å². The minimum absolute atomic E-state index is 0.00519. The van der Waals surface area contributed by atoms with Crippen LogP contribution in [-0.4, -0.2) is 35.5 Å². The van der Waals surface area contributed by atoms with Gasteiger partial charge in [0.1, 0.15) is 6.04 Å². The molecular formula is C14H14Cl2N2O4. The van der Waals surface area contributed by atoms with Gasteiger partial charge in [-0.05, 0) is 25.0 Å². The summed E-state index contributed by atoms with van der Waals surface area (Å²) in [7, 11) is 0. The molecule has 1 fully saturated rings. The van der Waals surface area contributed by atoms with Crippen molar-refractivity contribution in [3.05, 3.63) is 33.8 Å². The van der Waals surface area contributed by atoms with Gasteiger partial charge in [0.05, 0.1) is 15.6 Å². The number of nitrogens with one attached hydrogen (secondary N) is 2. The molecule has 0 aliphatic heterocycles. The van der Waals surface area contributed by atoms with E-state index >= 15 is 0 Å². The van der Waals surface area contributed by atoms with E-state index in [0.29, 0.717) is 0 Å². The van der Waals surface area contributed by atoms with Crippen molar-refractivity contribution in [3.63, 3.8) is 0 Å². The van der Waals surface area contributed by atoms with E-state index in [4.69, 9.17) is 28.3 Å². The number of carbonyl (C=O) groups is 3. The Labute approximate surface area is 136 Å². The van der Waals surface area contributed by atoms with Gasteiger partial charge in [0, 0.05) is 12.5 Å². The zero-order valence-electron chi connectivity index (χ0n) is 11.4. The Morgan fingerprint density at radius 1 is 1.23 bits per heavy atom. The second-order valence-corrected chi connectivity index (χ2v) is 5.79. The lowest BCUT2D eigenvalue weighted by Crippen LogP contribution is -2.48. The van der Waals surface area contributed by atoms with Crippen LogP contribution >= 0.6 is 23.2 Å². The molecule has 1 saturated carbocycles. The maximum Gasteiger partial charge on any atom is 0.328 e. The molecule has 0 bridgehead atoms. The fourth-order valence-electron chi connectivity index (χ4n) is 1.84. The first kappa shape index (κ1) is 16.6. The zero-order chi connectivity index (χ0) is 16.3. The van der Waals surface area contributed by atoms with E-state index in [9.17, 15) is 14.4 Å². The molecule has 0 unspecified atom stereocenters. The molecule has 2 rings (SSSR count). The van der Waals surface area contributed by atoms with E-state index in [0.717, 1.165) is 12.8 Å². The van der Waals surface area contributed by atoms with Gasteiger partial charge in [-0.15, -0.1) is 0 Å². The lowest BCUT2D eigenvalue weighted by atomic mass is 10.2. The third kappa shape index (κ3) is 4.11. The van der Waals surface area contributed by atoms with Crippen molar-refractivity contribution < 1.29 is 19.5 Å². The van der Waals surface area contributed by atoms with Crippen molar-refractivity contribution in [2.24, 2.45) is 5.92 Å². The number of rotatable bonds is 6. The first-order valence-electron chi connectivity index (χ1n) is 6.65. The van der Waals surface area contributed by atoms with Gasteiger partial charge in [-0.3, -0.25) is 9.59 Å². The molecule has 2 amide bonds. The van der Waals surface area contributed by atoms with Gasteiger partial charge >= 0.3 is 5.97 Å². The molecule has 118 valence electrons. The number of carboxylic acid groups (broad SMARTS) is 1. The Balaban J connectivity index is 2.02. The van der Waals surface area contributed by atoms with Crippen molar-refractivity contribution in [1.29, 1.82) is 0 Å². The van der Waals surface area contributed by atoms with E-state index in [2.05, 4.69) is 10.6 Å². The minimum atomic E-state index is -1.26. The summed E-state index contributed by atoms with van der Waals surface area (Å²) < 4.78 is 0. The summed E-state index contributed by atoms with van der Waals surface area (Å²) in [6, 6.07) is 3.27. The van der Waals surface area contributed by atoms with Crippen molar-refractivity contribution in [2.45, 2.75) is 18.9 Å². The normalized spacial score (nSPS) is 15.0. The SMILES string of the molecule is O=C(N[C@@H](CNC(=O)C1CC1)C(=O)O)c1c(Cl)cccc1Cl. The predicted octanol–water partition coefficient (Wildman–Crippen LogP) is 1.70. The van der Waals surface area contributed by atoms with Crippen LogP contribution in [0.25, 0.3) is 0 Å². The molecule has 0 heterocycles. The van der Waals surface area contributed by atoms with E-state index in [1.807, 2.05) is 0 Å². The first-order valence-corrected chi connectivity index (χ1v) is 7.41. The number of hydrogen-bond donors (Lipinski definition) is 3. The summed E-state index contributed by atoms with van der Waals surface area (Å²) in [5, 5.41) is 14.2. The molecule has 22 heavy (non-hydrogen) atoms. The Morgan fingerprint density at radius 3 is 2.32 bits per heavy atom. The molecule has 0 saturated heterocycles. The molecule has 1 aromatic rings. The van der Waals surface area contributed by atoms with Crippen molar-refractivity contribution in [2.75, 3.05) is 6.54 Å². The molecule has 6 nitrogen and oxygen atoms in total. The van der Waals surface area contributed by atoms with Gasteiger partial charge in [0.15, 0.2) is 0 Å². The average Bonchev–Trinajstić information content (AvgIpc) is 3.27. The Kier molecular flexibility index (Phi) is 5.26. The maximum absolute atomic E-state index is 12.1. The number of carbonyl (C=O) groups excluding carboxylic acids is 2. The Bertz CT molecular complexity index is 597. The van der Waals surface area contributed by atoms with Gasteiger partial charge in [-0.25, -0.2) is 4.79 Å². The molecule has 1 atom stereocenters. The van der Waals surface area contributed by atoms with Crippen LogP contribution in [0.2, 0.25) is 10.0 Å². The largest absolute Gasteiger partial charge is 0.480 e. The highest BCUT2D eigenvalue weighted by molar-refractivity contribution is 6.39.